The van der Waals surface area contributed by atoms with Gasteiger partial charge >= 0.3 is 0 Å². The number of ether oxygens (including phenoxy) is 4. The lowest BCUT2D eigenvalue weighted by Crippen LogP contribution is -2.03. The van der Waals surface area contributed by atoms with E-state index in [2.05, 4.69) is 5.18 Å². The van der Waals surface area contributed by atoms with Crippen LogP contribution in [0.25, 0.3) is 11.3 Å². The van der Waals surface area contributed by atoms with Gasteiger partial charge in [0, 0.05) is 11.1 Å². The predicted molar refractivity (Wildman–Crippen MR) is 104 cm³/mol. The molecule has 1 aromatic heterocycles. The van der Waals surface area contributed by atoms with Gasteiger partial charge in [0.1, 0.15) is 17.6 Å². The van der Waals surface area contributed by atoms with Crippen molar-refractivity contribution in [1.29, 1.82) is 0 Å². The van der Waals surface area contributed by atoms with E-state index in [1.54, 1.807) is 37.6 Å². The van der Waals surface area contributed by atoms with E-state index >= 15 is 0 Å². The lowest BCUT2D eigenvalue weighted by Gasteiger charge is -2.18. The van der Waals surface area contributed by atoms with Crippen LogP contribution in [0.1, 0.15) is 17.2 Å². The van der Waals surface area contributed by atoms with E-state index < -0.39 is 6.04 Å². The molecule has 7 heteroatoms. The first-order valence-corrected chi connectivity index (χ1v) is 8.51. The molecule has 1 heterocycles. The Labute approximate surface area is 162 Å². The Kier molecular flexibility index (Phi) is 5.84. The number of hydrogen-bond acceptors (Lipinski definition) is 7. The highest BCUT2D eigenvalue weighted by Gasteiger charge is 2.24. The molecule has 2 aromatic carbocycles. The lowest BCUT2D eigenvalue weighted by atomic mass is 9.95. The summed E-state index contributed by atoms with van der Waals surface area (Å²) in [4.78, 5) is 11.9. The molecule has 3 rings (SSSR count). The number of nitroso groups, excluding NO2 is 1. The second-order valence-corrected chi connectivity index (χ2v) is 5.90. The van der Waals surface area contributed by atoms with E-state index in [0.717, 1.165) is 5.56 Å². The van der Waals surface area contributed by atoms with Gasteiger partial charge in [0.05, 0.1) is 34.7 Å². The number of benzene rings is 2. The molecule has 0 fully saturated rings. The van der Waals surface area contributed by atoms with Crippen LogP contribution in [0.15, 0.2) is 58.3 Å². The summed E-state index contributed by atoms with van der Waals surface area (Å²) in [6, 6.07) is 11.7. The summed E-state index contributed by atoms with van der Waals surface area (Å²) in [5.41, 5.74) is 1.99. The summed E-state index contributed by atoms with van der Waals surface area (Å²) in [6.07, 6.45) is 1.59. The van der Waals surface area contributed by atoms with Gasteiger partial charge < -0.3 is 23.4 Å². The van der Waals surface area contributed by atoms with Crippen molar-refractivity contribution in [2.75, 3.05) is 28.4 Å². The quantitative estimate of drug-likeness (QED) is 0.518. The molecule has 0 aliphatic rings. The monoisotopic (exact) mass is 383 g/mol. The van der Waals surface area contributed by atoms with Gasteiger partial charge in [0.15, 0.2) is 11.5 Å². The zero-order chi connectivity index (χ0) is 20.1. The maximum atomic E-state index is 11.9. The van der Waals surface area contributed by atoms with Crippen LogP contribution in [0.5, 0.6) is 23.0 Å². The molecule has 0 aliphatic carbocycles. The van der Waals surface area contributed by atoms with Crippen LogP contribution in [0, 0.1) is 4.91 Å². The van der Waals surface area contributed by atoms with Gasteiger partial charge in [-0.2, -0.15) is 0 Å². The smallest absolute Gasteiger partial charge is 0.203 e. The summed E-state index contributed by atoms with van der Waals surface area (Å²) < 4.78 is 27.1. The van der Waals surface area contributed by atoms with Crippen LogP contribution in [-0.4, -0.2) is 28.4 Å². The predicted octanol–water partition coefficient (Wildman–Crippen LogP) is 4.84. The third-order valence-corrected chi connectivity index (χ3v) is 4.44. The van der Waals surface area contributed by atoms with E-state index in [4.69, 9.17) is 23.4 Å². The van der Waals surface area contributed by atoms with Gasteiger partial charge in [-0.25, -0.2) is 0 Å². The van der Waals surface area contributed by atoms with Gasteiger partial charge in [0.25, 0.3) is 0 Å². The van der Waals surface area contributed by atoms with Crippen molar-refractivity contribution in [3.8, 4) is 34.3 Å². The van der Waals surface area contributed by atoms with Crippen LogP contribution in [0.4, 0.5) is 0 Å². The van der Waals surface area contributed by atoms with E-state index in [9.17, 15) is 4.91 Å². The Bertz CT molecular complexity index is 927. The number of rotatable bonds is 8. The zero-order valence-electron chi connectivity index (χ0n) is 16.1. The molecule has 0 spiro atoms. The molecular formula is C21H21NO6. The summed E-state index contributed by atoms with van der Waals surface area (Å²) in [5.74, 6) is 2.53. The van der Waals surface area contributed by atoms with Crippen LogP contribution < -0.4 is 18.9 Å². The molecule has 0 saturated heterocycles. The van der Waals surface area contributed by atoms with E-state index in [0.29, 0.717) is 39.9 Å². The molecule has 0 bridgehead atoms. The zero-order valence-corrected chi connectivity index (χ0v) is 16.1. The van der Waals surface area contributed by atoms with Gasteiger partial charge in [0.2, 0.25) is 5.75 Å². The molecule has 1 unspecified atom stereocenters. The standard InChI is InChI=1S/C21H21NO6/c1-24-17-8-7-13(16-6-5-9-28-16)10-15(17)20(22-23)14-11-18(25-2)21(27-4)19(12-14)26-3/h5-12,20H,1-4H3. The van der Waals surface area contributed by atoms with Crippen LogP contribution in [0.3, 0.4) is 0 Å². The molecule has 0 amide bonds. The third-order valence-electron chi connectivity index (χ3n) is 4.44. The summed E-state index contributed by atoms with van der Waals surface area (Å²) in [6.45, 7) is 0. The van der Waals surface area contributed by atoms with Crippen molar-refractivity contribution in [2.24, 2.45) is 5.18 Å². The first-order chi connectivity index (χ1) is 13.7. The van der Waals surface area contributed by atoms with Crippen molar-refractivity contribution >= 4 is 0 Å². The highest BCUT2D eigenvalue weighted by atomic mass is 16.5. The maximum Gasteiger partial charge on any atom is 0.203 e. The largest absolute Gasteiger partial charge is 0.496 e. The SMILES string of the molecule is COc1ccc(-c2ccco2)cc1C(N=O)c1cc(OC)c(OC)c(OC)c1. The molecule has 1 atom stereocenters. The fourth-order valence-corrected chi connectivity index (χ4v) is 3.10. The van der Waals surface area contributed by atoms with Crippen LogP contribution in [-0.2, 0) is 0 Å². The van der Waals surface area contributed by atoms with Crippen molar-refractivity contribution in [2.45, 2.75) is 6.04 Å². The van der Waals surface area contributed by atoms with Gasteiger partial charge in [-0.1, -0.05) is 5.18 Å². The molecule has 3 aromatic rings. The number of methoxy groups -OCH3 is 4. The molecule has 146 valence electrons. The van der Waals surface area contributed by atoms with Gasteiger partial charge in [-0.3, -0.25) is 0 Å². The second kappa shape index (κ2) is 8.47. The maximum absolute atomic E-state index is 11.9. The molecule has 0 N–H and O–H groups in total. The van der Waals surface area contributed by atoms with Crippen molar-refractivity contribution in [1.82, 2.24) is 0 Å². The Morgan fingerprint density at radius 3 is 2.04 bits per heavy atom. The second-order valence-electron chi connectivity index (χ2n) is 5.90. The molecule has 0 saturated carbocycles. The summed E-state index contributed by atoms with van der Waals surface area (Å²) in [7, 11) is 6.10. The first kappa shape index (κ1) is 19.3. The number of hydrogen-bond donors (Lipinski definition) is 0. The molecular weight excluding hydrogens is 362 g/mol. The average molecular weight is 383 g/mol. The highest BCUT2D eigenvalue weighted by Crippen LogP contribution is 2.43. The topological polar surface area (TPSA) is 79.5 Å². The normalized spacial score (nSPS) is 11.6. The minimum absolute atomic E-state index is 0.437. The van der Waals surface area contributed by atoms with Crippen molar-refractivity contribution < 1.29 is 23.4 Å². The third kappa shape index (κ3) is 3.51. The van der Waals surface area contributed by atoms with E-state index in [-0.39, 0.29) is 0 Å². The lowest BCUT2D eigenvalue weighted by molar-refractivity contribution is 0.323. The van der Waals surface area contributed by atoms with Crippen LogP contribution >= 0.6 is 0 Å². The molecule has 0 radical (unpaired) electrons. The molecule has 7 nitrogen and oxygen atoms in total. The van der Waals surface area contributed by atoms with Crippen molar-refractivity contribution in [3.05, 3.63) is 64.8 Å². The number of furan rings is 1. The Morgan fingerprint density at radius 1 is 0.857 bits per heavy atom. The van der Waals surface area contributed by atoms with Gasteiger partial charge in [-0.05, 0) is 48.0 Å². The van der Waals surface area contributed by atoms with Gasteiger partial charge in [-0.15, -0.1) is 4.91 Å². The highest BCUT2D eigenvalue weighted by molar-refractivity contribution is 5.63. The minimum atomic E-state index is -0.849. The molecule has 28 heavy (non-hydrogen) atoms. The average Bonchev–Trinajstić information content (AvgIpc) is 3.28. The minimum Gasteiger partial charge on any atom is -0.496 e. The Hall–Kier alpha value is -3.48. The van der Waals surface area contributed by atoms with E-state index in [1.165, 1.54) is 21.3 Å². The summed E-state index contributed by atoms with van der Waals surface area (Å²) >= 11 is 0. The molecule has 0 aliphatic heterocycles. The summed E-state index contributed by atoms with van der Waals surface area (Å²) in [5, 5.41) is 3.35. The fourth-order valence-electron chi connectivity index (χ4n) is 3.10. The van der Waals surface area contributed by atoms with Crippen LogP contribution in [0.2, 0.25) is 0 Å². The van der Waals surface area contributed by atoms with E-state index in [1.807, 2.05) is 18.2 Å². The Morgan fingerprint density at radius 2 is 1.54 bits per heavy atom. The number of nitrogens with zero attached hydrogens (tertiary/aromatic N) is 1. The van der Waals surface area contributed by atoms with Crippen molar-refractivity contribution in [3.63, 3.8) is 0 Å². The fraction of sp³-hybridized carbons (Fsp3) is 0.238. The first-order valence-electron chi connectivity index (χ1n) is 8.51. The Balaban J connectivity index is 2.16.